The van der Waals surface area contributed by atoms with E-state index in [4.69, 9.17) is 5.73 Å². The second-order valence-corrected chi connectivity index (χ2v) is 8.28. The van der Waals surface area contributed by atoms with Crippen molar-refractivity contribution in [3.05, 3.63) is 53.3 Å². The predicted molar refractivity (Wildman–Crippen MR) is 113 cm³/mol. The van der Waals surface area contributed by atoms with Crippen molar-refractivity contribution in [3.63, 3.8) is 0 Å². The van der Waals surface area contributed by atoms with Crippen LogP contribution in [0.4, 0.5) is 0 Å². The van der Waals surface area contributed by atoms with Crippen LogP contribution in [0, 0.1) is 30.1 Å². The van der Waals surface area contributed by atoms with Gasteiger partial charge in [-0.05, 0) is 37.4 Å². The average molecular weight is 420 g/mol. The highest BCUT2D eigenvalue weighted by atomic mass is 32.1. The predicted octanol–water partition coefficient (Wildman–Crippen LogP) is 3.65. The first-order valence-electron chi connectivity index (χ1n) is 9.86. The number of primary amides is 1. The first-order chi connectivity index (χ1) is 14.5. The number of amides is 1. The molecule has 0 aliphatic heterocycles. The molecule has 0 radical (unpaired) electrons. The van der Waals surface area contributed by atoms with Crippen LogP contribution in [0.15, 0.2) is 36.5 Å². The molecule has 1 saturated carbocycles. The van der Waals surface area contributed by atoms with Gasteiger partial charge >= 0.3 is 0 Å². The van der Waals surface area contributed by atoms with Gasteiger partial charge in [-0.1, -0.05) is 37.1 Å². The molecule has 1 amide bonds. The van der Waals surface area contributed by atoms with Crippen molar-refractivity contribution in [2.75, 3.05) is 0 Å². The fourth-order valence-electron chi connectivity index (χ4n) is 4.12. The first kappa shape index (κ1) is 20.0. The summed E-state index contributed by atoms with van der Waals surface area (Å²) in [7, 11) is 0. The van der Waals surface area contributed by atoms with Crippen LogP contribution in [-0.4, -0.2) is 25.8 Å². The van der Waals surface area contributed by atoms with Gasteiger partial charge in [0.2, 0.25) is 5.91 Å². The van der Waals surface area contributed by atoms with Crippen molar-refractivity contribution in [1.29, 1.82) is 5.26 Å². The van der Waals surface area contributed by atoms with Crippen LogP contribution >= 0.6 is 11.5 Å². The summed E-state index contributed by atoms with van der Waals surface area (Å²) in [6.07, 6.45) is 4.92. The van der Waals surface area contributed by atoms with Gasteiger partial charge < -0.3 is 5.73 Å². The number of benzene rings is 1. The Morgan fingerprint density at radius 1 is 1.17 bits per heavy atom. The van der Waals surface area contributed by atoms with Crippen molar-refractivity contribution in [2.24, 2.45) is 17.6 Å². The van der Waals surface area contributed by atoms with Crippen molar-refractivity contribution in [3.8, 4) is 22.3 Å². The van der Waals surface area contributed by atoms with E-state index < -0.39 is 0 Å². The molecule has 1 aromatic carbocycles. The lowest BCUT2D eigenvalue weighted by atomic mass is 9.75. The first-order valence-corrected chi connectivity index (χ1v) is 10.6. The lowest BCUT2D eigenvalue weighted by Crippen LogP contribution is -2.36. The maximum absolute atomic E-state index is 13.0. The third-order valence-corrected chi connectivity index (χ3v) is 6.64. The van der Waals surface area contributed by atoms with Crippen LogP contribution in [-0.2, 0) is 4.79 Å². The Kier molecular flexibility index (Phi) is 5.46. The number of nitrogens with two attached hydrogens (primary N) is 1. The molecule has 7 nitrogen and oxygen atoms in total. The molecule has 2 heterocycles. The highest BCUT2D eigenvalue weighted by molar-refractivity contribution is 7.08. The van der Waals surface area contributed by atoms with Crippen LogP contribution in [0.1, 0.15) is 47.3 Å². The summed E-state index contributed by atoms with van der Waals surface area (Å²) in [5.41, 5.74) is 8.97. The van der Waals surface area contributed by atoms with E-state index in [2.05, 4.69) is 15.5 Å². The molecular weight excluding hydrogens is 398 g/mol. The van der Waals surface area contributed by atoms with Crippen LogP contribution in [0.3, 0.4) is 0 Å². The van der Waals surface area contributed by atoms with E-state index >= 15 is 0 Å². The fraction of sp³-hybridized carbons (Fsp3) is 0.318. The van der Waals surface area contributed by atoms with Gasteiger partial charge in [0.15, 0.2) is 10.8 Å². The second kappa shape index (κ2) is 8.20. The Morgan fingerprint density at radius 3 is 2.53 bits per heavy atom. The lowest BCUT2D eigenvalue weighted by Gasteiger charge is -2.28. The normalized spacial score (nSPS) is 18.7. The van der Waals surface area contributed by atoms with Crippen LogP contribution in [0.5, 0.6) is 0 Å². The Hall–Kier alpha value is -3.31. The number of hydrogen-bond donors (Lipinski definition) is 1. The summed E-state index contributed by atoms with van der Waals surface area (Å²) in [6.45, 7) is 1.80. The number of ketones is 1. The van der Waals surface area contributed by atoms with E-state index in [-0.39, 0.29) is 23.5 Å². The highest BCUT2D eigenvalue weighted by Crippen LogP contribution is 2.33. The number of carbonyl (C=O) groups excluding carboxylic acids is 2. The maximum Gasteiger partial charge on any atom is 0.221 e. The monoisotopic (exact) mass is 419 g/mol. The number of nitriles is 1. The van der Waals surface area contributed by atoms with E-state index in [1.165, 1.54) is 11.5 Å². The maximum atomic E-state index is 13.0. The molecule has 1 fully saturated rings. The van der Waals surface area contributed by atoms with E-state index in [0.717, 1.165) is 24.1 Å². The van der Waals surface area contributed by atoms with Crippen LogP contribution in [0.2, 0.25) is 0 Å². The Balaban J connectivity index is 1.62. The third-order valence-electron chi connectivity index (χ3n) is 5.72. The summed E-state index contributed by atoms with van der Waals surface area (Å²) >= 11 is 1.23. The Bertz CT molecular complexity index is 1140. The summed E-state index contributed by atoms with van der Waals surface area (Å²) in [4.78, 5) is 24.8. The zero-order chi connectivity index (χ0) is 21.3. The van der Waals surface area contributed by atoms with E-state index in [1.54, 1.807) is 29.9 Å². The molecule has 0 spiro atoms. The zero-order valence-corrected chi connectivity index (χ0v) is 17.4. The number of carbonyl (C=O) groups is 2. The molecule has 152 valence electrons. The number of Topliss-reactive ketones (excluding diaryl/α,β-unsaturated/α-hetero) is 1. The summed E-state index contributed by atoms with van der Waals surface area (Å²) in [5.74, 6) is -1.14. The van der Waals surface area contributed by atoms with Crippen LogP contribution < -0.4 is 5.73 Å². The molecule has 0 bridgehead atoms. The molecule has 1 aliphatic carbocycles. The largest absolute Gasteiger partial charge is 0.369 e. The van der Waals surface area contributed by atoms with Gasteiger partial charge in [0.05, 0.1) is 17.6 Å². The Morgan fingerprint density at radius 2 is 1.87 bits per heavy atom. The minimum absolute atomic E-state index is 0.0246. The molecule has 1 aliphatic rings. The van der Waals surface area contributed by atoms with Gasteiger partial charge in [-0.3, -0.25) is 9.59 Å². The number of aryl methyl sites for hydroxylation is 1. The summed E-state index contributed by atoms with van der Waals surface area (Å²) in [5, 5.41) is 14.5. The van der Waals surface area contributed by atoms with E-state index in [9.17, 15) is 14.9 Å². The quantitative estimate of drug-likeness (QED) is 0.634. The second-order valence-electron chi connectivity index (χ2n) is 7.53. The van der Waals surface area contributed by atoms with Gasteiger partial charge in [-0.25, -0.2) is 4.68 Å². The van der Waals surface area contributed by atoms with E-state index in [0.29, 0.717) is 34.7 Å². The van der Waals surface area contributed by atoms with Gasteiger partial charge in [0.25, 0.3) is 0 Å². The molecule has 2 aromatic heterocycles. The average Bonchev–Trinajstić information content (AvgIpc) is 3.39. The smallest absolute Gasteiger partial charge is 0.221 e. The standard InChI is InChI=1S/C22H21N5O2S/c1-13-18(12-23)22(30-26-13)27-19(10-11-25-27)14-6-8-15(9-7-14)20(28)16-4-2-3-5-17(16)21(24)29/h6-11,16-17H,2-5H2,1H3,(H2,24,29). The zero-order valence-electron chi connectivity index (χ0n) is 16.5. The number of rotatable bonds is 5. The van der Waals surface area contributed by atoms with Gasteiger partial charge in [0.1, 0.15) is 11.6 Å². The van der Waals surface area contributed by atoms with Gasteiger partial charge in [-0.15, -0.1) is 0 Å². The molecule has 2 atom stereocenters. The number of nitrogens with zero attached hydrogens (tertiary/aromatic N) is 4. The minimum atomic E-state index is -0.387. The van der Waals surface area contributed by atoms with Gasteiger partial charge in [-0.2, -0.15) is 14.7 Å². The lowest BCUT2D eigenvalue weighted by molar-refractivity contribution is -0.123. The van der Waals surface area contributed by atoms with Crippen molar-refractivity contribution in [2.45, 2.75) is 32.6 Å². The highest BCUT2D eigenvalue weighted by Gasteiger charge is 2.34. The fourth-order valence-corrected chi connectivity index (χ4v) is 4.94. The molecule has 3 aromatic rings. The number of hydrogen-bond acceptors (Lipinski definition) is 6. The SMILES string of the molecule is Cc1nsc(-n2nccc2-c2ccc(C(=O)C3CCCCC3C(N)=O)cc2)c1C#N. The molecule has 30 heavy (non-hydrogen) atoms. The molecule has 2 N–H and O–H groups in total. The molecule has 8 heteroatoms. The number of aromatic nitrogens is 3. The van der Waals surface area contributed by atoms with Crippen molar-refractivity contribution < 1.29 is 9.59 Å². The topological polar surface area (TPSA) is 115 Å². The molecule has 0 saturated heterocycles. The van der Waals surface area contributed by atoms with Crippen molar-refractivity contribution in [1.82, 2.24) is 14.2 Å². The van der Waals surface area contributed by atoms with Crippen LogP contribution in [0.25, 0.3) is 16.3 Å². The summed E-state index contributed by atoms with van der Waals surface area (Å²) < 4.78 is 5.96. The minimum Gasteiger partial charge on any atom is -0.369 e. The Labute approximate surface area is 178 Å². The van der Waals surface area contributed by atoms with Gasteiger partial charge in [0, 0.05) is 23.0 Å². The summed E-state index contributed by atoms with van der Waals surface area (Å²) in [6, 6.07) is 11.3. The molecule has 4 rings (SSSR count). The molecular formula is C22H21N5O2S. The van der Waals surface area contributed by atoms with E-state index in [1.807, 2.05) is 18.2 Å². The third kappa shape index (κ3) is 3.53. The van der Waals surface area contributed by atoms with Crippen molar-refractivity contribution >= 4 is 23.2 Å². The molecule has 2 unspecified atom stereocenters.